The number of aliphatic carboxylic acids is 1. The Morgan fingerprint density at radius 1 is 1.31 bits per heavy atom. The molecule has 0 spiro atoms. The first-order valence-corrected chi connectivity index (χ1v) is 8.70. The van der Waals surface area contributed by atoms with Crippen LogP contribution in [0.2, 0.25) is 0 Å². The summed E-state index contributed by atoms with van der Waals surface area (Å²) in [4.78, 5) is 27.0. The normalized spacial score (nSPS) is 19.8. The van der Waals surface area contributed by atoms with Crippen LogP contribution in [0.1, 0.15) is 26.2 Å². The summed E-state index contributed by atoms with van der Waals surface area (Å²) >= 11 is 0. The molecule has 0 aromatic heterocycles. The number of likely N-dealkylation sites (N-methyl/N-ethyl adjacent to an activating group) is 1. The van der Waals surface area contributed by atoms with Crippen LogP contribution in [-0.4, -0.2) is 65.5 Å². The van der Waals surface area contributed by atoms with E-state index in [4.69, 9.17) is 5.11 Å². The molecule has 1 heterocycles. The van der Waals surface area contributed by atoms with Crippen LogP contribution in [0.4, 0.5) is 14.5 Å². The smallest absolute Gasteiger partial charge is 0.317 e. The zero-order valence-electron chi connectivity index (χ0n) is 15.0. The zero-order valence-corrected chi connectivity index (χ0v) is 15.0. The monoisotopic (exact) mass is 369 g/mol. The fourth-order valence-electron chi connectivity index (χ4n) is 3.28. The molecular weight excluding hydrogens is 344 g/mol. The second-order valence-electron chi connectivity index (χ2n) is 6.69. The summed E-state index contributed by atoms with van der Waals surface area (Å²) in [6.45, 7) is 2.97. The molecule has 26 heavy (non-hydrogen) atoms. The van der Waals surface area contributed by atoms with Crippen LogP contribution in [0.5, 0.6) is 0 Å². The Balaban J connectivity index is 1.96. The van der Waals surface area contributed by atoms with Crippen molar-refractivity contribution in [1.29, 1.82) is 0 Å². The number of carbonyl (C=O) groups excluding carboxylic acids is 1. The van der Waals surface area contributed by atoms with E-state index >= 15 is 0 Å². The number of nitrogens with one attached hydrogen (secondary N) is 1. The van der Waals surface area contributed by atoms with Gasteiger partial charge in [0.1, 0.15) is 17.3 Å². The van der Waals surface area contributed by atoms with Crippen LogP contribution in [0.15, 0.2) is 18.2 Å². The van der Waals surface area contributed by atoms with E-state index in [1.807, 2.05) is 9.80 Å². The number of halogens is 2. The van der Waals surface area contributed by atoms with Gasteiger partial charge < -0.3 is 10.4 Å². The third kappa shape index (κ3) is 5.22. The summed E-state index contributed by atoms with van der Waals surface area (Å²) in [5, 5.41) is 11.3. The van der Waals surface area contributed by atoms with Gasteiger partial charge in [0.2, 0.25) is 5.91 Å². The van der Waals surface area contributed by atoms with Gasteiger partial charge in [0, 0.05) is 12.6 Å². The molecule has 0 saturated carbocycles. The molecule has 1 aromatic rings. The minimum atomic E-state index is -0.867. The second kappa shape index (κ2) is 9.05. The van der Waals surface area contributed by atoms with E-state index in [0.717, 1.165) is 31.4 Å². The quantitative estimate of drug-likeness (QED) is 0.804. The molecule has 2 atom stereocenters. The molecule has 1 amide bonds. The SMILES string of the molecule is CC(C(=O)Nc1c(F)cccc1F)N1CCCC(N(C)CC(=O)O)CC1. The molecule has 1 aromatic carbocycles. The molecule has 6 nitrogen and oxygen atoms in total. The predicted molar refractivity (Wildman–Crippen MR) is 93.9 cm³/mol. The lowest BCUT2D eigenvalue weighted by Gasteiger charge is -2.28. The van der Waals surface area contributed by atoms with Crippen LogP contribution in [0.3, 0.4) is 0 Å². The van der Waals surface area contributed by atoms with E-state index in [0.29, 0.717) is 13.1 Å². The molecule has 2 unspecified atom stereocenters. The number of para-hydroxylation sites is 1. The van der Waals surface area contributed by atoms with Crippen molar-refractivity contribution in [2.24, 2.45) is 0 Å². The van der Waals surface area contributed by atoms with Crippen LogP contribution in [0, 0.1) is 11.6 Å². The second-order valence-corrected chi connectivity index (χ2v) is 6.69. The van der Waals surface area contributed by atoms with E-state index in [2.05, 4.69) is 5.32 Å². The highest BCUT2D eigenvalue weighted by Crippen LogP contribution is 2.21. The first-order chi connectivity index (χ1) is 12.3. The maximum absolute atomic E-state index is 13.7. The number of benzene rings is 1. The van der Waals surface area contributed by atoms with Crippen LogP contribution >= 0.6 is 0 Å². The summed E-state index contributed by atoms with van der Waals surface area (Å²) < 4.78 is 27.4. The van der Waals surface area contributed by atoms with Crippen molar-refractivity contribution < 1.29 is 23.5 Å². The highest BCUT2D eigenvalue weighted by molar-refractivity contribution is 5.94. The number of carboxylic acid groups (broad SMARTS) is 1. The molecule has 144 valence electrons. The van der Waals surface area contributed by atoms with Gasteiger partial charge in [-0.3, -0.25) is 19.4 Å². The third-order valence-electron chi connectivity index (χ3n) is 4.88. The maximum Gasteiger partial charge on any atom is 0.317 e. The number of carboxylic acids is 1. The number of rotatable bonds is 6. The Bertz CT molecular complexity index is 636. The Labute approximate surface area is 151 Å². The lowest BCUT2D eigenvalue weighted by atomic mass is 10.1. The number of hydrogen-bond donors (Lipinski definition) is 2. The number of hydrogen-bond acceptors (Lipinski definition) is 4. The van der Waals surface area contributed by atoms with Crippen LogP contribution < -0.4 is 5.32 Å². The highest BCUT2D eigenvalue weighted by atomic mass is 19.1. The summed E-state index contributed by atoms with van der Waals surface area (Å²) in [6.07, 6.45) is 2.40. The van der Waals surface area contributed by atoms with Gasteiger partial charge in [0.05, 0.1) is 12.6 Å². The predicted octanol–water partition coefficient (Wildman–Crippen LogP) is 2.16. The summed E-state index contributed by atoms with van der Waals surface area (Å²) in [5.74, 6) is -2.95. The first-order valence-electron chi connectivity index (χ1n) is 8.70. The number of likely N-dealkylation sites (tertiary alicyclic amines) is 1. The first kappa shape index (κ1) is 20.3. The molecule has 0 aliphatic carbocycles. The number of amides is 1. The standard InChI is InChI=1S/C18H25F2N3O3/c1-12(18(26)21-17-14(19)6-3-7-15(17)20)23-9-4-5-13(8-10-23)22(2)11-16(24)25/h3,6-7,12-13H,4-5,8-11H2,1-2H3,(H,21,26)(H,24,25). The zero-order chi connectivity index (χ0) is 19.3. The van der Waals surface area contributed by atoms with Crippen LogP contribution in [-0.2, 0) is 9.59 Å². The number of carbonyl (C=O) groups is 2. The summed E-state index contributed by atoms with van der Waals surface area (Å²) in [6, 6.07) is 3.02. The minimum Gasteiger partial charge on any atom is -0.480 e. The molecule has 2 rings (SSSR count). The van der Waals surface area contributed by atoms with Crippen molar-refractivity contribution >= 4 is 17.6 Å². The fraction of sp³-hybridized carbons (Fsp3) is 0.556. The summed E-state index contributed by atoms with van der Waals surface area (Å²) in [7, 11) is 1.78. The van der Waals surface area contributed by atoms with Crippen molar-refractivity contribution in [2.75, 3.05) is 32.0 Å². The largest absolute Gasteiger partial charge is 0.480 e. The van der Waals surface area contributed by atoms with Crippen molar-refractivity contribution in [3.8, 4) is 0 Å². The van der Waals surface area contributed by atoms with Gasteiger partial charge in [-0.2, -0.15) is 0 Å². The van der Waals surface area contributed by atoms with Crippen molar-refractivity contribution in [3.05, 3.63) is 29.8 Å². The maximum atomic E-state index is 13.7. The molecule has 1 aliphatic heterocycles. The van der Waals surface area contributed by atoms with Crippen molar-refractivity contribution in [2.45, 2.75) is 38.3 Å². The Kier molecular flexibility index (Phi) is 7.05. The van der Waals surface area contributed by atoms with Gasteiger partial charge in [-0.25, -0.2) is 8.78 Å². The van der Waals surface area contributed by atoms with E-state index in [-0.39, 0.29) is 12.6 Å². The van der Waals surface area contributed by atoms with Gasteiger partial charge in [0.15, 0.2) is 0 Å². The van der Waals surface area contributed by atoms with Gasteiger partial charge in [0.25, 0.3) is 0 Å². The average Bonchev–Trinajstić information content (AvgIpc) is 2.83. The molecule has 0 bridgehead atoms. The highest BCUT2D eigenvalue weighted by Gasteiger charge is 2.27. The molecular formula is C18H25F2N3O3. The average molecular weight is 369 g/mol. The lowest BCUT2D eigenvalue weighted by Crippen LogP contribution is -2.43. The molecule has 2 N–H and O–H groups in total. The van der Waals surface area contributed by atoms with E-state index in [9.17, 15) is 18.4 Å². The Morgan fingerprint density at radius 3 is 2.58 bits per heavy atom. The van der Waals surface area contributed by atoms with Gasteiger partial charge in [-0.15, -0.1) is 0 Å². The van der Waals surface area contributed by atoms with Gasteiger partial charge >= 0.3 is 5.97 Å². The molecule has 0 radical (unpaired) electrons. The lowest BCUT2D eigenvalue weighted by molar-refractivity contribution is -0.138. The Morgan fingerprint density at radius 2 is 1.96 bits per heavy atom. The molecule has 8 heteroatoms. The third-order valence-corrected chi connectivity index (χ3v) is 4.88. The van der Waals surface area contributed by atoms with E-state index in [1.165, 1.54) is 6.07 Å². The van der Waals surface area contributed by atoms with Crippen molar-refractivity contribution in [1.82, 2.24) is 9.80 Å². The minimum absolute atomic E-state index is 0.0206. The summed E-state index contributed by atoms with van der Waals surface area (Å²) in [5.41, 5.74) is -0.432. The molecule has 1 saturated heterocycles. The number of nitrogens with zero attached hydrogens (tertiary/aromatic N) is 2. The molecule has 1 fully saturated rings. The fourth-order valence-corrected chi connectivity index (χ4v) is 3.28. The topological polar surface area (TPSA) is 72.9 Å². The molecule has 1 aliphatic rings. The van der Waals surface area contributed by atoms with Gasteiger partial charge in [-0.1, -0.05) is 6.07 Å². The Hall–Kier alpha value is -2.06. The van der Waals surface area contributed by atoms with Gasteiger partial charge in [-0.05, 0) is 51.9 Å². The van der Waals surface area contributed by atoms with Crippen molar-refractivity contribution in [3.63, 3.8) is 0 Å². The van der Waals surface area contributed by atoms with E-state index in [1.54, 1.807) is 14.0 Å². The number of anilines is 1. The van der Waals surface area contributed by atoms with Crippen LogP contribution in [0.25, 0.3) is 0 Å². The van der Waals surface area contributed by atoms with E-state index < -0.39 is 35.2 Å².